The summed E-state index contributed by atoms with van der Waals surface area (Å²) in [5.74, 6) is 0.375. The first-order chi connectivity index (χ1) is 15.3. The highest BCUT2D eigenvalue weighted by Gasteiger charge is 2.22. The van der Waals surface area contributed by atoms with Gasteiger partial charge in [-0.1, -0.05) is 30.0 Å². The fourth-order valence-electron chi connectivity index (χ4n) is 3.07. The van der Waals surface area contributed by atoms with Crippen molar-refractivity contribution in [1.82, 2.24) is 9.29 Å². The molecule has 0 saturated heterocycles. The Balaban J connectivity index is 1.59. The second kappa shape index (κ2) is 9.07. The van der Waals surface area contributed by atoms with Gasteiger partial charge in [0.1, 0.15) is 9.92 Å². The number of thioether (sulfide) groups is 1. The molecule has 0 radical (unpaired) electrons. The molecule has 2 aromatic carbocycles. The lowest BCUT2D eigenvalue weighted by atomic mass is 10.1. The third-order valence-electron chi connectivity index (χ3n) is 4.73. The van der Waals surface area contributed by atoms with E-state index >= 15 is 0 Å². The number of carbonyl (C=O) groups excluding carboxylic acids is 1. The van der Waals surface area contributed by atoms with E-state index in [2.05, 4.69) is 10.3 Å². The van der Waals surface area contributed by atoms with Crippen LogP contribution in [0.15, 0.2) is 67.6 Å². The van der Waals surface area contributed by atoms with E-state index in [4.69, 9.17) is 4.42 Å². The van der Waals surface area contributed by atoms with Crippen molar-refractivity contribution in [1.29, 1.82) is 0 Å². The normalized spacial score (nSPS) is 11.9. The van der Waals surface area contributed by atoms with Crippen LogP contribution < -0.4 is 5.32 Å². The number of fused-ring (bicyclic) bond motifs is 1. The van der Waals surface area contributed by atoms with Gasteiger partial charge in [-0.3, -0.25) is 4.79 Å². The van der Waals surface area contributed by atoms with Gasteiger partial charge in [-0.15, -0.1) is 11.3 Å². The van der Waals surface area contributed by atoms with Crippen LogP contribution in [0.25, 0.3) is 11.0 Å². The fraction of sp³-hybridized carbons (Fsp3) is 0.182. The lowest BCUT2D eigenvalue weighted by molar-refractivity contribution is 0.0998. The maximum absolute atomic E-state index is 13.1. The second-order valence-electron chi connectivity index (χ2n) is 7.22. The fourth-order valence-corrected chi connectivity index (χ4v) is 5.85. The van der Waals surface area contributed by atoms with E-state index in [1.54, 1.807) is 35.2 Å². The van der Waals surface area contributed by atoms with Crippen molar-refractivity contribution in [3.05, 3.63) is 70.9 Å². The van der Waals surface area contributed by atoms with Crippen LogP contribution in [0.2, 0.25) is 0 Å². The minimum Gasteiger partial charge on any atom is -0.451 e. The molecule has 2 heterocycles. The largest absolute Gasteiger partial charge is 0.451 e. The number of rotatable bonds is 7. The van der Waals surface area contributed by atoms with Crippen molar-refractivity contribution in [2.75, 3.05) is 19.4 Å². The van der Waals surface area contributed by atoms with Gasteiger partial charge in [-0.25, -0.2) is 17.7 Å². The van der Waals surface area contributed by atoms with E-state index in [0.717, 1.165) is 25.3 Å². The molecule has 0 atom stereocenters. The number of thiazole rings is 1. The van der Waals surface area contributed by atoms with Gasteiger partial charge < -0.3 is 9.73 Å². The van der Waals surface area contributed by atoms with Crippen LogP contribution in [0.1, 0.15) is 21.8 Å². The molecule has 0 aliphatic carbocycles. The second-order valence-corrected chi connectivity index (χ2v) is 11.4. The van der Waals surface area contributed by atoms with E-state index in [0.29, 0.717) is 17.0 Å². The predicted molar refractivity (Wildman–Crippen MR) is 128 cm³/mol. The highest BCUT2D eigenvalue weighted by molar-refractivity contribution is 8.00. The Kier molecular flexibility index (Phi) is 6.38. The van der Waals surface area contributed by atoms with Gasteiger partial charge in [-0.2, -0.15) is 0 Å². The molecule has 0 unspecified atom stereocenters. The molecule has 0 bridgehead atoms. The monoisotopic (exact) mass is 487 g/mol. The van der Waals surface area contributed by atoms with Gasteiger partial charge in [0.15, 0.2) is 5.76 Å². The van der Waals surface area contributed by atoms with Crippen molar-refractivity contribution >= 4 is 55.7 Å². The number of aryl methyl sites for hydroxylation is 1. The van der Waals surface area contributed by atoms with Gasteiger partial charge in [0.05, 0.1) is 4.90 Å². The molecule has 166 valence electrons. The number of nitrogens with one attached hydrogen (secondary N) is 1. The molecule has 0 aliphatic rings. The Hall–Kier alpha value is -2.66. The summed E-state index contributed by atoms with van der Waals surface area (Å²) in [5, 5.41) is 5.68. The van der Waals surface area contributed by atoms with Crippen molar-refractivity contribution in [3.63, 3.8) is 0 Å². The summed E-state index contributed by atoms with van der Waals surface area (Å²) in [6.07, 6.45) is 0. The Bertz CT molecular complexity index is 1370. The van der Waals surface area contributed by atoms with Gasteiger partial charge in [0, 0.05) is 47.6 Å². The lowest BCUT2D eigenvalue weighted by Crippen LogP contribution is -2.22. The number of carbonyl (C=O) groups is 1. The Morgan fingerprint density at radius 2 is 1.88 bits per heavy atom. The van der Waals surface area contributed by atoms with Crippen LogP contribution >= 0.6 is 23.1 Å². The number of hydrogen-bond acceptors (Lipinski definition) is 7. The number of aromatic nitrogens is 1. The van der Waals surface area contributed by atoms with Crippen molar-refractivity contribution in [2.24, 2.45) is 0 Å². The predicted octanol–water partition coefficient (Wildman–Crippen LogP) is 4.99. The number of nitrogens with zero attached hydrogens (tertiary/aromatic N) is 2. The van der Waals surface area contributed by atoms with E-state index in [-0.39, 0.29) is 10.7 Å². The SMILES string of the molecule is Cc1csc(SCc2c(C(=O)Nc3ccc(S(=O)(=O)N(C)C)cc3)oc3ccccc23)n1. The summed E-state index contributed by atoms with van der Waals surface area (Å²) in [7, 11) is -0.593. The summed E-state index contributed by atoms with van der Waals surface area (Å²) >= 11 is 3.12. The Morgan fingerprint density at radius 3 is 2.53 bits per heavy atom. The Morgan fingerprint density at radius 1 is 1.16 bits per heavy atom. The molecule has 1 amide bonds. The van der Waals surface area contributed by atoms with Crippen molar-refractivity contribution < 1.29 is 17.6 Å². The average molecular weight is 488 g/mol. The molecular weight excluding hydrogens is 466 g/mol. The molecule has 0 fully saturated rings. The molecular formula is C22H21N3O4S3. The first-order valence-electron chi connectivity index (χ1n) is 9.65. The van der Waals surface area contributed by atoms with Gasteiger partial charge >= 0.3 is 0 Å². The molecule has 7 nitrogen and oxygen atoms in total. The van der Waals surface area contributed by atoms with Crippen molar-refractivity contribution in [3.8, 4) is 0 Å². The van der Waals surface area contributed by atoms with Crippen LogP contribution in [0.3, 0.4) is 0 Å². The zero-order valence-electron chi connectivity index (χ0n) is 17.7. The smallest absolute Gasteiger partial charge is 0.291 e. The zero-order chi connectivity index (χ0) is 22.9. The quantitative estimate of drug-likeness (QED) is 0.369. The van der Waals surface area contributed by atoms with E-state index in [1.807, 2.05) is 36.6 Å². The van der Waals surface area contributed by atoms with E-state index in [9.17, 15) is 13.2 Å². The maximum atomic E-state index is 13.1. The van der Waals surface area contributed by atoms with Crippen LogP contribution in [-0.2, 0) is 15.8 Å². The molecule has 4 aromatic rings. The molecule has 2 aromatic heterocycles. The minimum atomic E-state index is -3.54. The first kappa shape index (κ1) is 22.5. The highest BCUT2D eigenvalue weighted by Crippen LogP contribution is 2.33. The number of amides is 1. The molecule has 0 aliphatic heterocycles. The summed E-state index contributed by atoms with van der Waals surface area (Å²) in [6.45, 7) is 1.95. The number of para-hydroxylation sites is 1. The van der Waals surface area contributed by atoms with E-state index in [1.165, 1.54) is 26.2 Å². The van der Waals surface area contributed by atoms with Crippen LogP contribution in [0, 0.1) is 6.92 Å². The van der Waals surface area contributed by atoms with E-state index < -0.39 is 15.9 Å². The number of anilines is 1. The molecule has 4 rings (SSSR count). The molecule has 1 N–H and O–H groups in total. The summed E-state index contributed by atoms with van der Waals surface area (Å²) in [6, 6.07) is 13.6. The standard InChI is InChI=1S/C22H21N3O4S3/c1-14-12-30-22(23-14)31-13-18-17-6-4-5-7-19(17)29-20(18)21(26)24-15-8-10-16(11-9-15)32(27,28)25(2)3/h4-12H,13H2,1-3H3,(H,24,26). The third-order valence-corrected chi connectivity index (χ3v) is 8.73. The topological polar surface area (TPSA) is 92.5 Å². The number of sulfonamides is 1. The number of benzene rings is 2. The van der Waals surface area contributed by atoms with Crippen LogP contribution in [0.4, 0.5) is 5.69 Å². The number of furan rings is 1. The molecule has 0 spiro atoms. The first-order valence-corrected chi connectivity index (χ1v) is 13.0. The van der Waals surface area contributed by atoms with Crippen LogP contribution in [0.5, 0.6) is 0 Å². The summed E-state index contributed by atoms with van der Waals surface area (Å²) < 4.78 is 32.4. The van der Waals surface area contributed by atoms with Gasteiger partial charge in [-0.05, 0) is 37.3 Å². The average Bonchev–Trinajstić information content (AvgIpc) is 3.35. The van der Waals surface area contributed by atoms with Gasteiger partial charge in [0.25, 0.3) is 5.91 Å². The maximum Gasteiger partial charge on any atom is 0.291 e. The minimum absolute atomic E-state index is 0.153. The third kappa shape index (κ3) is 4.58. The molecule has 0 saturated carbocycles. The van der Waals surface area contributed by atoms with Gasteiger partial charge in [0.2, 0.25) is 10.0 Å². The summed E-state index contributed by atoms with van der Waals surface area (Å²) in [5.41, 5.74) is 2.87. The number of hydrogen-bond donors (Lipinski definition) is 1. The lowest BCUT2D eigenvalue weighted by Gasteiger charge is -2.12. The zero-order valence-corrected chi connectivity index (χ0v) is 20.1. The molecule has 10 heteroatoms. The van der Waals surface area contributed by atoms with Crippen molar-refractivity contribution in [2.45, 2.75) is 21.9 Å². The molecule has 32 heavy (non-hydrogen) atoms. The van der Waals surface area contributed by atoms with Crippen LogP contribution in [-0.4, -0.2) is 37.7 Å². The summed E-state index contributed by atoms with van der Waals surface area (Å²) in [4.78, 5) is 17.7. The highest BCUT2D eigenvalue weighted by atomic mass is 32.2. The Labute approximate surface area is 194 Å².